The lowest BCUT2D eigenvalue weighted by Gasteiger charge is -2.33. The minimum atomic E-state index is -1.30. The van der Waals surface area contributed by atoms with Gasteiger partial charge in [0.15, 0.2) is 0 Å². The van der Waals surface area contributed by atoms with E-state index in [9.17, 15) is 18.8 Å². The average molecular weight is 441 g/mol. The Morgan fingerprint density at radius 2 is 2.00 bits per heavy atom. The molecule has 0 spiro atoms. The van der Waals surface area contributed by atoms with Gasteiger partial charge in [-0.25, -0.2) is 14.0 Å². The zero-order valence-electron chi connectivity index (χ0n) is 15.8. The van der Waals surface area contributed by atoms with Crippen LogP contribution in [0.4, 0.5) is 4.39 Å². The molecule has 3 rings (SSSR count). The van der Waals surface area contributed by atoms with Crippen LogP contribution in [0.3, 0.4) is 0 Å². The van der Waals surface area contributed by atoms with Gasteiger partial charge in [0.05, 0.1) is 41.1 Å². The molecule has 0 radical (unpaired) electrons. The summed E-state index contributed by atoms with van der Waals surface area (Å²) in [4.78, 5) is 39.3. The van der Waals surface area contributed by atoms with E-state index in [1.807, 2.05) is 0 Å². The van der Waals surface area contributed by atoms with Crippen molar-refractivity contribution in [3.8, 4) is 0 Å². The van der Waals surface area contributed by atoms with Gasteiger partial charge in [0.1, 0.15) is 11.6 Å². The fourth-order valence-electron chi connectivity index (χ4n) is 3.32. The minimum Gasteiger partial charge on any atom is -0.466 e. The summed E-state index contributed by atoms with van der Waals surface area (Å²) in [5.41, 5.74) is 5.73. The second kappa shape index (κ2) is 8.08. The van der Waals surface area contributed by atoms with Crippen molar-refractivity contribution in [3.05, 3.63) is 56.6 Å². The lowest BCUT2D eigenvalue weighted by molar-refractivity contribution is -0.139. The maximum atomic E-state index is 14.9. The molecule has 2 N–H and O–H groups in total. The Morgan fingerprint density at radius 1 is 1.31 bits per heavy atom. The van der Waals surface area contributed by atoms with Crippen LogP contribution in [0.2, 0.25) is 5.02 Å². The fourth-order valence-corrected chi connectivity index (χ4v) is 4.76. The number of halogens is 2. The number of rotatable bonds is 4. The van der Waals surface area contributed by atoms with E-state index in [4.69, 9.17) is 26.8 Å². The van der Waals surface area contributed by atoms with E-state index in [2.05, 4.69) is 0 Å². The first kappa shape index (κ1) is 21.2. The van der Waals surface area contributed by atoms with Crippen LogP contribution in [-0.2, 0) is 23.9 Å². The van der Waals surface area contributed by atoms with Crippen molar-refractivity contribution < 1.29 is 28.2 Å². The van der Waals surface area contributed by atoms with Gasteiger partial charge >= 0.3 is 11.9 Å². The number of esters is 2. The molecular weight excluding hydrogens is 423 g/mol. The highest BCUT2D eigenvalue weighted by atomic mass is 35.5. The summed E-state index contributed by atoms with van der Waals surface area (Å²) in [6.45, 7) is 3.23. The maximum Gasteiger partial charge on any atom is 0.338 e. The van der Waals surface area contributed by atoms with Crippen molar-refractivity contribution in [3.63, 3.8) is 0 Å². The van der Waals surface area contributed by atoms with Crippen LogP contribution in [0.5, 0.6) is 0 Å². The molecule has 0 aliphatic carbocycles. The second-order valence-electron chi connectivity index (χ2n) is 6.23. The summed E-state index contributed by atoms with van der Waals surface area (Å²) in [5, 5.41) is -0.395. The van der Waals surface area contributed by atoms with Crippen LogP contribution >= 0.6 is 23.4 Å². The predicted octanol–water partition coefficient (Wildman–Crippen LogP) is 2.66. The number of methoxy groups -OCH3 is 1. The molecule has 0 saturated carbocycles. The number of ether oxygens (including phenoxy) is 2. The van der Waals surface area contributed by atoms with Gasteiger partial charge in [-0.2, -0.15) is 0 Å². The van der Waals surface area contributed by atoms with E-state index in [-0.39, 0.29) is 39.2 Å². The standard InChI is InChI=1S/C19H18ClFN2O5S/c1-4-28-19(26)13-12(11-9(20)6-5-7-10(11)21)14(18(25)27-3)17-23(15(13)22)16(24)8(2)29-17/h5-8,12H,4,22H2,1-3H3. The normalized spacial score (nSPS) is 21.4. The van der Waals surface area contributed by atoms with E-state index in [0.29, 0.717) is 0 Å². The largest absolute Gasteiger partial charge is 0.466 e. The van der Waals surface area contributed by atoms with Gasteiger partial charge in [-0.1, -0.05) is 29.4 Å². The molecule has 29 heavy (non-hydrogen) atoms. The molecular formula is C19H18ClFN2O5S. The van der Waals surface area contributed by atoms with E-state index in [0.717, 1.165) is 29.8 Å². The molecule has 154 valence electrons. The first-order valence-electron chi connectivity index (χ1n) is 8.68. The highest BCUT2D eigenvalue weighted by Crippen LogP contribution is 2.51. The Morgan fingerprint density at radius 3 is 2.59 bits per heavy atom. The molecule has 2 heterocycles. The van der Waals surface area contributed by atoms with E-state index >= 15 is 0 Å². The Hall–Kier alpha value is -2.52. The Bertz CT molecular complexity index is 957. The predicted molar refractivity (Wildman–Crippen MR) is 105 cm³/mol. The third-order valence-corrected chi connectivity index (χ3v) is 6.08. The van der Waals surface area contributed by atoms with Gasteiger partial charge in [-0.3, -0.25) is 9.69 Å². The van der Waals surface area contributed by atoms with Gasteiger partial charge < -0.3 is 15.2 Å². The minimum absolute atomic E-state index is 0.0105. The zero-order valence-corrected chi connectivity index (χ0v) is 17.4. The molecule has 0 aromatic heterocycles. The number of carbonyl (C=O) groups is 3. The molecule has 1 aromatic rings. The number of carbonyl (C=O) groups excluding carboxylic acids is 3. The summed E-state index contributed by atoms with van der Waals surface area (Å²) in [7, 11) is 1.15. The van der Waals surface area contributed by atoms with Gasteiger partial charge in [0.2, 0.25) is 5.91 Å². The van der Waals surface area contributed by atoms with Crippen LogP contribution in [0, 0.1) is 5.82 Å². The van der Waals surface area contributed by atoms with E-state index in [1.165, 1.54) is 12.1 Å². The van der Waals surface area contributed by atoms with Crippen molar-refractivity contribution in [1.82, 2.24) is 4.90 Å². The lowest BCUT2D eigenvalue weighted by atomic mass is 9.82. The SMILES string of the molecule is CCOC(=O)C1=C(N)N2C(=O)C(C)SC2=C(C(=O)OC)C1c1c(F)cccc1Cl. The van der Waals surface area contributed by atoms with E-state index < -0.39 is 34.8 Å². The summed E-state index contributed by atoms with van der Waals surface area (Å²) in [6.07, 6.45) is 0. The van der Waals surface area contributed by atoms with Gasteiger partial charge in [-0.05, 0) is 26.0 Å². The van der Waals surface area contributed by atoms with Crippen LogP contribution in [0.1, 0.15) is 25.3 Å². The van der Waals surface area contributed by atoms with Crippen LogP contribution in [-0.4, -0.2) is 41.7 Å². The maximum absolute atomic E-state index is 14.9. The third kappa shape index (κ3) is 3.38. The zero-order chi connectivity index (χ0) is 21.5. The number of hydrogen-bond acceptors (Lipinski definition) is 7. The highest BCUT2D eigenvalue weighted by Gasteiger charge is 2.49. The average Bonchev–Trinajstić information content (AvgIpc) is 2.96. The summed E-state index contributed by atoms with van der Waals surface area (Å²) < 4.78 is 24.8. The Labute approximate surface area is 175 Å². The number of nitrogens with zero attached hydrogens (tertiary/aromatic N) is 1. The van der Waals surface area contributed by atoms with Gasteiger partial charge in [0, 0.05) is 10.6 Å². The van der Waals surface area contributed by atoms with Gasteiger partial charge in [-0.15, -0.1) is 0 Å². The molecule has 1 fully saturated rings. The first-order chi connectivity index (χ1) is 13.7. The molecule has 1 amide bonds. The highest BCUT2D eigenvalue weighted by molar-refractivity contribution is 8.04. The molecule has 2 unspecified atom stereocenters. The molecule has 2 aliphatic rings. The lowest BCUT2D eigenvalue weighted by Crippen LogP contribution is -2.40. The van der Waals surface area contributed by atoms with Crippen LogP contribution in [0.15, 0.2) is 40.2 Å². The molecule has 10 heteroatoms. The number of thioether (sulfide) groups is 1. The number of fused-ring (bicyclic) bond motifs is 1. The number of amides is 1. The van der Waals surface area contributed by atoms with Crippen molar-refractivity contribution in [2.24, 2.45) is 5.73 Å². The van der Waals surface area contributed by atoms with Crippen molar-refractivity contribution in [1.29, 1.82) is 0 Å². The topological polar surface area (TPSA) is 98.9 Å². The van der Waals surface area contributed by atoms with Crippen LogP contribution < -0.4 is 5.73 Å². The molecule has 0 bridgehead atoms. The smallest absolute Gasteiger partial charge is 0.338 e. The molecule has 2 aliphatic heterocycles. The summed E-state index contributed by atoms with van der Waals surface area (Å²) >= 11 is 7.33. The van der Waals surface area contributed by atoms with Crippen molar-refractivity contribution >= 4 is 41.2 Å². The van der Waals surface area contributed by atoms with Crippen molar-refractivity contribution in [2.45, 2.75) is 25.0 Å². The van der Waals surface area contributed by atoms with E-state index in [1.54, 1.807) is 13.8 Å². The third-order valence-electron chi connectivity index (χ3n) is 4.57. The van der Waals surface area contributed by atoms with Crippen LogP contribution in [0.25, 0.3) is 0 Å². The monoisotopic (exact) mass is 440 g/mol. The second-order valence-corrected chi connectivity index (χ2v) is 7.97. The quantitative estimate of drug-likeness (QED) is 0.718. The first-order valence-corrected chi connectivity index (χ1v) is 9.94. The Balaban J connectivity index is 2.38. The molecule has 1 aromatic carbocycles. The molecule has 7 nitrogen and oxygen atoms in total. The number of hydrogen-bond donors (Lipinski definition) is 1. The fraction of sp³-hybridized carbons (Fsp3) is 0.316. The molecule has 2 atom stereocenters. The summed E-state index contributed by atoms with van der Waals surface area (Å²) in [6, 6.07) is 3.98. The molecule has 1 saturated heterocycles. The van der Waals surface area contributed by atoms with Crippen molar-refractivity contribution in [2.75, 3.05) is 13.7 Å². The number of nitrogens with two attached hydrogens (primary N) is 1. The summed E-state index contributed by atoms with van der Waals surface area (Å²) in [5.74, 6) is -4.40. The Kier molecular flexibility index (Phi) is 5.90. The number of benzene rings is 1. The van der Waals surface area contributed by atoms with Gasteiger partial charge in [0.25, 0.3) is 0 Å².